The third kappa shape index (κ3) is 3.80. The van der Waals surface area contributed by atoms with Crippen LogP contribution >= 0.6 is 0 Å². The van der Waals surface area contributed by atoms with E-state index in [1.54, 1.807) is 42.6 Å². The Labute approximate surface area is 158 Å². The van der Waals surface area contributed by atoms with Crippen molar-refractivity contribution in [2.75, 3.05) is 5.32 Å². The number of benzene rings is 2. The lowest BCUT2D eigenvalue weighted by Crippen LogP contribution is -2.33. The number of carbonyl (C=O) groups excluding carboxylic acids is 1. The van der Waals surface area contributed by atoms with E-state index < -0.39 is 12.1 Å². The number of urea groups is 1. The van der Waals surface area contributed by atoms with Crippen LogP contribution in [0.15, 0.2) is 72.9 Å². The van der Waals surface area contributed by atoms with Gasteiger partial charge >= 0.3 is 6.03 Å². The number of hydrogen-bond acceptors (Lipinski definition) is 3. The highest BCUT2D eigenvalue weighted by molar-refractivity contribution is 5.88. The maximum atomic E-state index is 13.3. The molecule has 0 bridgehead atoms. The number of pyridine rings is 1. The fourth-order valence-electron chi connectivity index (χ4n) is 2.82. The second-order valence-electron chi connectivity index (χ2n) is 6.07. The first-order valence-electron chi connectivity index (χ1n) is 8.48. The fourth-order valence-corrected chi connectivity index (χ4v) is 2.82. The summed E-state index contributed by atoms with van der Waals surface area (Å²) in [7, 11) is 0. The minimum Gasteiger partial charge on any atom is -0.327 e. The Morgan fingerprint density at radius 3 is 2.07 bits per heavy atom. The van der Waals surface area contributed by atoms with E-state index in [9.17, 15) is 13.6 Å². The molecule has 0 radical (unpaired) electrons. The summed E-state index contributed by atoms with van der Waals surface area (Å²) < 4.78 is 28.1. The van der Waals surface area contributed by atoms with Crippen LogP contribution in [0.5, 0.6) is 0 Å². The predicted molar refractivity (Wildman–Crippen MR) is 99.8 cm³/mol. The zero-order valence-corrected chi connectivity index (χ0v) is 14.5. The minimum atomic E-state index is -0.613. The van der Waals surface area contributed by atoms with Gasteiger partial charge in [-0.3, -0.25) is 5.32 Å². The Morgan fingerprint density at radius 2 is 1.50 bits per heavy atom. The summed E-state index contributed by atoms with van der Waals surface area (Å²) in [5.41, 5.74) is 1.88. The van der Waals surface area contributed by atoms with Crippen molar-refractivity contribution in [2.24, 2.45) is 0 Å². The van der Waals surface area contributed by atoms with Gasteiger partial charge in [-0.15, -0.1) is 5.10 Å². The molecule has 0 saturated heterocycles. The van der Waals surface area contributed by atoms with Crippen LogP contribution in [0.1, 0.15) is 17.2 Å². The monoisotopic (exact) mass is 379 g/mol. The van der Waals surface area contributed by atoms with Crippen molar-refractivity contribution >= 4 is 17.6 Å². The summed E-state index contributed by atoms with van der Waals surface area (Å²) in [6, 6.07) is 15.7. The first kappa shape index (κ1) is 17.6. The molecule has 0 saturated carbocycles. The van der Waals surface area contributed by atoms with E-state index in [2.05, 4.69) is 20.7 Å². The topological polar surface area (TPSA) is 71.3 Å². The molecule has 2 aromatic heterocycles. The molecule has 0 aliphatic rings. The predicted octanol–water partition coefficient (Wildman–Crippen LogP) is 3.92. The number of nitrogens with one attached hydrogen (secondary N) is 2. The van der Waals surface area contributed by atoms with Crippen LogP contribution in [0.25, 0.3) is 5.65 Å². The molecule has 2 N–H and O–H groups in total. The molecule has 0 aliphatic heterocycles. The third-order valence-corrected chi connectivity index (χ3v) is 4.15. The molecule has 0 spiro atoms. The molecular formula is C20H15F2N5O. The van der Waals surface area contributed by atoms with Crippen LogP contribution in [-0.4, -0.2) is 20.6 Å². The standard InChI is InChI=1S/C20H15F2N5O/c21-15-8-4-13(5-9-15)18(14-6-10-16(22)11-7-14)24-20(28)25-19-23-17-3-1-2-12-27(17)26-19/h1-12,18H,(H2,24,25,26,28). The van der Waals surface area contributed by atoms with Crippen molar-refractivity contribution in [3.8, 4) is 0 Å². The number of aromatic nitrogens is 3. The van der Waals surface area contributed by atoms with Crippen molar-refractivity contribution in [1.82, 2.24) is 19.9 Å². The van der Waals surface area contributed by atoms with Crippen molar-refractivity contribution < 1.29 is 13.6 Å². The van der Waals surface area contributed by atoms with Gasteiger partial charge in [0, 0.05) is 6.20 Å². The lowest BCUT2D eigenvalue weighted by molar-refractivity contribution is 0.250. The molecule has 0 aliphatic carbocycles. The van der Waals surface area contributed by atoms with E-state index in [1.807, 2.05) is 6.07 Å². The third-order valence-electron chi connectivity index (χ3n) is 4.15. The van der Waals surface area contributed by atoms with Crippen LogP contribution in [0.3, 0.4) is 0 Å². The van der Waals surface area contributed by atoms with Gasteiger partial charge in [0.1, 0.15) is 11.6 Å². The number of carbonyl (C=O) groups is 1. The number of halogens is 2. The van der Waals surface area contributed by atoms with Crippen molar-refractivity contribution in [1.29, 1.82) is 0 Å². The van der Waals surface area contributed by atoms with Gasteiger partial charge in [0.05, 0.1) is 6.04 Å². The SMILES string of the molecule is O=C(Nc1nc2ccccn2n1)NC(c1ccc(F)cc1)c1ccc(F)cc1. The maximum Gasteiger partial charge on any atom is 0.322 e. The number of fused-ring (bicyclic) bond motifs is 1. The first-order valence-corrected chi connectivity index (χ1v) is 8.48. The summed E-state index contributed by atoms with van der Waals surface area (Å²) in [5.74, 6) is -0.638. The number of amides is 2. The molecule has 2 heterocycles. The largest absolute Gasteiger partial charge is 0.327 e. The maximum absolute atomic E-state index is 13.3. The molecule has 6 nitrogen and oxygen atoms in total. The van der Waals surface area contributed by atoms with Crippen LogP contribution in [0.4, 0.5) is 19.5 Å². The quantitative estimate of drug-likeness (QED) is 0.565. The van der Waals surface area contributed by atoms with Gasteiger partial charge in [-0.05, 0) is 47.5 Å². The van der Waals surface area contributed by atoms with Crippen molar-refractivity contribution in [3.63, 3.8) is 0 Å². The van der Waals surface area contributed by atoms with E-state index in [0.29, 0.717) is 16.8 Å². The molecule has 8 heteroatoms. The van der Waals surface area contributed by atoms with Crippen molar-refractivity contribution in [2.45, 2.75) is 6.04 Å². The number of anilines is 1. The number of rotatable bonds is 4. The molecule has 2 amide bonds. The van der Waals surface area contributed by atoms with Crippen LogP contribution in [0.2, 0.25) is 0 Å². The number of nitrogens with zero attached hydrogens (tertiary/aromatic N) is 3. The Balaban J connectivity index is 1.58. The highest BCUT2D eigenvalue weighted by Crippen LogP contribution is 2.23. The fraction of sp³-hybridized carbons (Fsp3) is 0.0500. The Morgan fingerprint density at radius 1 is 0.893 bits per heavy atom. The lowest BCUT2D eigenvalue weighted by Gasteiger charge is -2.19. The average molecular weight is 379 g/mol. The van der Waals surface area contributed by atoms with Crippen molar-refractivity contribution in [3.05, 3.63) is 95.7 Å². The van der Waals surface area contributed by atoms with Gasteiger partial charge in [0.15, 0.2) is 5.65 Å². The van der Waals surface area contributed by atoms with E-state index in [-0.39, 0.29) is 17.6 Å². The summed E-state index contributed by atoms with van der Waals surface area (Å²) in [5, 5.41) is 9.54. The second kappa shape index (κ2) is 7.43. The highest BCUT2D eigenvalue weighted by Gasteiger charge is 2.18. The second-order valence-corrected chi connectivity index (χ2v) is 6.07. The van der Waals surface area contributed by atoms with E-state index in [4.69, 9.17) is 0 Å². The molecule has 4 rings (SSSR count). The Kier molecular flexibility index (Phi) is 4.67. The van der Waals surface area contributed by atoms with Crippen LogP contribution in [-0.2, 0) is 0 Å². The van der Waals surface area contributed by atoms with Gasteiger partial charge in [-0.25, -0.2) is 18.1 Å². The summed E-state index contributed by atoms with van der Waals surface area (Å²) in [6.45, 7) is 0. The molecule has 140 valence electrons. The zero-order chi connectivity index (χ0) is 19.5. The molecule has 0 unspecified atom stereocenters. The molecule has 0 fully saturated rings. The normalized spacial score (nSPS) is 11.0. The van der Waals surface area contributed by atoms with Gasteiger partial charge in [-0.1, -0.05) is 30.3 Å². The molecule has 28 heavy (non-hydrogen) atoms. The molecular weight excluding hydrogens is 364 g/mol. The zero-order valence-electron chi connectivity index (χ0n) is 14.5. The van der Waals surface area contributed by atoms with E-state index in [1.165, 1.54) is 28.8 Å². The summed E-state index contributed by atoms with van der Waals surface area (Å²) in [6.07, 6.45) is 1.71. The van der Waals surface area contributed by atoms with Crippen LogP contribution < -0.4 is 10.6 Å². The van der Waals surface area contributed by atoms with Gasteiger partial charge < -0.3 is 5.32 Å². The minimum absolute atomic E-state index is 0.140. The molecule has 4 aromatic rings. The lowest BCUT2D eigenvalue weighted by atomic mass is 9.99. The van der Waals surface area contributed by atoms with Gasteiger partial charge in [0.2, 0.25) is 0 Å². The first-order chi connectivity index (χ1) is 13.6. The molecule has 2 aromatic carbocycles. The number of hydrogen-bond donors (Lipinski definition) is 2. The molecule has 0 atom stereocenters. The van der Waals surface area contributed by atoms with Gasteiger partial charge in [-0.2, -0.15) is 4.98 Å². The van der Waals surface area contributed by atoms with Gasteiger partial charge in [0.25, 0.3) is 5.95 Å². The van der Waals surface area contributed by atoms with E-state index >= 15 is 0 Å². The van der Waals surface area contributed by atoms with Crippen LogP contribution in [0, 0.1) is 11.6 Å². The summed E-state index contributed by atoms with van der Waals surface area (Å²) >= 11 is 0. The average Bonchev–Trinajstić information content (AvgIpc) is 3.10. The van der Waals surface area contributed by atoms with E-state index in [0.717, 1.165) is 0 Å². The Bertz CT molecular complexity index is 1030. The highest BCUT2D eigenvalue weighted by atomic mass is 19.1. The smallest absolute Gasteiger partial charge is 0.322 e. The Hall–Kier alpha value is -3.81. The summed E-state index contributed by atoms with van der Waals surface area (Å²) in [4.78, 5) is 16.7.